The lowest BCUT2D eigenvalue weighted by atomic mass is 10.1. The third-order valence-corrected chi connectivity index (χ3v) is 3.97. The Hall–Kier alpha value is -2.52. The number of ether oxygens (including phenoxy) is 1. The van der Waals surface area contributed by atoms with Crippen LogP contribution in [0.15, 0.2) is 60.7 Å². The molecule has 0 aliphatic rings. The molecule has 23 heavy (non-hydrogen) atoms. The SMILES string of the molecule is Cc1ccc(NC(=O)COc2cccc3ccccc23)cc1Cl. The van der Waals surface area contributed by atoms with E-state index in [1.54, 1.807) is 6.07 Å². The average molecular weight is 326 g/mol. The number of fused-ring (bicyclic) bond motifs is 1. The van der Waals surface area contributed by atoms with E-state index in [2.05, 4.69) is 5.32 Å². The summed E-state index contributed by atoms with van der Waals surface area (Å²) in [6, 6.07) is 19.1. The Bertz CT molecular complexity index is 856. The lowest BCUT2D eigenvalue weighted by molar-refractivity contribution is -0.118. The topological polar surface area (TPSA) is 38.3 Å². The van der Waals surface area contributed by atoms with Crippen molar-refractivity contribution < 1.29 is 9.53 Å². The standard InChI is InChI=1S/C19H16ClNO2/c1-13-9-10-15(11-17(13)20)21-19(22)12-23-18-8-4-6-14-5-2-3-7-16(14)18/h2-11H,12H2,1H3,(H,21,22). The molecule has 0 aromatic heterocycles. The molecule has 0 fully saturated rings. The average Bonchev–Trinajstić information content (AvgIpc) is 2.56. The Morgan fingerprint density at radius 1 is 1.09 bits per heavy atom. The number of aryl methyl sites for hydroxylation is 1. The number of anilines is 1. The fraction of sp³-hybridized carbons (Fsp3) is 0.105. The van der Waals surface area contributed by atoms with E-state index in [-0.39, 0.29) is 12.5 Å². The monoisotopic (exact) mass is 325 g/mol. The van der Waals surface area contributed by atoms with Crippen molar-refractivity contribution in [2.75, 3.05) is 11.9 Å². The first kappa shape index (κ1) is 15.4. The van der Waals surface area contributed by atoms with Gasteiger partial charge in [0.05, 0.1) is 0 Å². The maximum atomic E-state index is 12.0. The van der Waals surface area contributed by atoms with Gasteiger partial charge in [-0.25, -0.2) is 0 Å². The van der Waals surface area contributed by atoms with E-state index in [0.29, 0.717) is 16.5 Å². The first-order valence-electron chi connectivity index (χ1n) is 7.30. The zero-order chi connectivity index (χ0) is 16.2. The van der Waals surface area contributed by atoms with E-state index >= 15 is 0 Å². The predicted molar refractivity (Wildman–Crippen MR) is 94.3 cm³/mol. The van der Waals surface area contributed by atoms with Crippen molar-refractivity contribution in [3.8, 4) is 5.75 Å². The van der Waals surface area contributed by atoms with Crippen molar-refractivity contribution in [2.24, 2.45) is 0 Å². The Morgan fingerprint density at radius 3 is 2.70 bits per heavy atom. The summed E-state index contributed by atoms with van der Waals surface area (Å²) in [5.41, 5.74) is 1.63. The lowest BCUT2D eigenvalue weighted by Crippen LogP contribution is -2.20. The van der Waals surface area contributed by atoms with Crippen molar-refractivity contribution in [2.45, 2.75) is 6.92 Å². The Morgan fingerprint density at radius 2 is 1.87 bits per heavy atom. The summed E-state index contributed by atoms with van der Waals surface area (Å²) in [4.78, 5) is 12.0. The van der Waals surface area contributed by atoms with Crippen molar-refractivity contribution in [3.63, 3.8) is 0 Å². The van der Waals surface area contributed by atoms with Crippen LogP contribution in [-0.4, -0.2) is 12.5 Å². The van der Waals surface area contributed by atoms with Gasteiger partial charge in [0.15, 0.2) is 6.61 Å². The second-order valence-corrected chi connectivity index (χ2v) is 5.69. The molecule has 0 radical (unpaired) electrons. The smallest absolute Gasteiger partial charge is 0.262 e. The molecule has 0 bridgehead atoms. The van der Waals surface area contributed by atoms with Crippen molar-refractivity contribution in [1.82, 2.24) is 0 Å². The second-order valence-electron chi connectivity index (χ2n) is 5.28. The minimum Gasteiger partial charge on any atom is -0.483 e. The molecule has 0 aliphatic heterocycles. The summed E-state index contributed by atoms with van der Waals surface area (Å²) in [6.07, 6.45) is 0. The van der Waals surface area contributed by atoms with Crippen LogP contribution in [0, 0.1) is 6.92 Å². The van der Waals surface area contributed by atoms with Crippen LogP contribution in [0.25, 0.3) is 10.8 Å². The van der Waals surface area contributed by atoms with Gasteiger partial charge in [-0.2, -0.15) is 0 Å². The molecule has 0 heterocycles. The normalized spacial score (nSPS) is 10.5. The molecule has 3 aromatic rings. The van der Waals surface area contributed by atoms with Gasteiger partial charge in [0, 0.05) is 16.1 Å². The lowest BCUT2D eigenvalue weighted by Gasteiger charge is -2.10. The van der Waals surface area contributed by atoms with Gasteiger partial charge in [-0.05, 0) is 36.1 Å². The number of carbonyl (C=O) groups is 1. The van der Waals surface area contributed by atoms with Gasteiger partial charge in [-0.1, -0.05) is 54.1 Å². The van der Waals surface area contributed by atoms with Gasteiger partial charge >= 0.3 is 0 Å². The fourth-order valence-corrected chi connectivity index (χ4v) is 2.51. The van der Waals surface area contributed by atoms with Crippen LogP contribution < -0.4 is 10.1 Å². The summed E-state index contributed by atoms with van der Waals surface area (Å²) < 4.78 is 5.66. The largest absolute Gasteiger partial charge is 0.483 e. The van der Waals surface area contributed by atoms with Crippen molar-refractivity contribution in [3.05, 3.63) is 71.2 Å². The van der Waals surface area contributed by atoms with E-state index in [1.807, 2.05) is 61.5 Å². The quantitative estimate of drug-likeness (QED) is 0.747. The predicted octanol–water partition coefficient (Wildman–Crippen LogP) is 4.82. The second kappa shape index (κ2) is 6.71. The van der Waals surface area contributed by atoms with Gasteiger partial charge in [0.25, 0.3) is 5.91 Å². The van der Waals surface area contributed by atoms with E-state index in [9.17, 15) is 4.79 Å². The molecule has 0 saturated heterocycles. The zero-order valence-corrected chi connectivity index (χ0v) is 13.4. The molecule has 0 aliphatic carbocycles. The Balaban J connectivity index is 1.67. The molecule has 4 heteroatoms. The summed E-state index contributed by atoms with van der Waals surface area (Å²) in [5, 5.41) is 5.47. The van der Waals surface area contributed by atoms with Crippen LogP contribution in [0.2, 0.25) is 5.02 Å². The summed E-state index contributed by atoms with van der Waals surface area (Å²) >= 11 is 6.05. The van der Waals surface area contributed by atoms with Crippen LogP contribution in [0.3, 0.4) is 0 Å². The highest BCUT2D eigenvalue weighted by atomic mass is 35.5. The number of hydrogen-bond acceptors (Lipinski definition) is 2. The van der Waals surface area contributed by atoms with E-state index in [1.165, 1.54) is 0 Å². The molecule has 1 N–H and O–H groups in total. The summed E-state index contributed by atoms with van der Waals surface area (Å²) in [6.45, 7) is 1.86. The number of nitrogens with one attached hydrogen (secondary N) is 1. The molecule has 0 spiro atoms. The van der Waals surface area contributed by atoms with Crippen molar-refractivity contribution in [1.29, 1.82) is 0 Å². The van der Waals surface area contributed by atoms with Crippen LogP contribution in [0.4, 0.5) is 5.69 Å². The zero-order valence-electron chi connectivity index (χ0n) is 12.7. The maximum Gasteiger partial charge on any atom is 0.262 e. The number of rotatable bonds is 4. The van der Waals surface area contributed by atoms with E-state index in [4.69, 9.17) is 16.3 Å². The molecule has 3 rings (SSSR count). The summed E-state index contributed by atoms with van der Waals surface area (Å²) in [7, 11) is 0. The first-order chi connectivity index (χ1) is 11.1. The molecule has 1 amide bonds. The van der Waals surface area contributed by atoms with Crippen LogP contribution in [-0.2, 0) is 4.79 Å². The number of hydrogen-bond donors (Lipinski definition) is 1. The van der Waals surface area contributed by atoms with Gasteiger partial charge in [-0.3, -0.25) is 4.79 Å². The van der Waals surface area contributed by atoms with Crippen LogP contribution >= 0.6 is 11.6 Å². The molecule has 0 unspecified atom stereocenters. The minimum absolute atomic E-state index is 0.0560. The molecule has 0 atom stereocenters. The molecule has 0 saturated carbocycles. The Kier molecular flexibility index (Phi) is 4.49. The van der Waals surface area contributed by atoms with Gasteiger partial charge in [0.2, 0.25) is 0 Å². The van der Waals surface area contributed by atoms with Crippen LogP contribution in [0.5, 0.6) is 5.75 Å². The van der Waals surface area contributed by atoms with Gasteiger partial charge in [-0.15, -0.1) is 0 Å². The summed E-state index contributed by atoms with van der Waals surface area (Å²) in [5.74, 6) is 0.470. The van der Waals surface area contributed by atoms with Gasteiger partial charge in [0.1, 0.15) is 5.75 Å². The number of carbonyl (C=O) groups excluding carboxylic acids is 1. The highest BCUT2D eigenvalue weighted by Crippen LogP contribution is 2.25. The highest BCUT2D eigenvalue weighted by Gasteiger charge is 2.07. The number of halogens is 1. The third kappa shape index (κ3) is 3.63. The maximum absolute atomic E-state index is 12.0. The van der Waals surface area contributed by atoms with Crippen LogP contribution in [0.1, 0.15) is 5.56 Å². The first-order valence-corrected chi connectivity index (χ1v) is 7.68. The molecular weight excluding hydrogens is 310 g/mol. The molecular formula is C19H16ClNO2. The number of amides is 1. The fourth-order valence-electron chi connectivity index (χ4n) is 2.33. The number of benzene rings is 3. The Labute approximate surface area is 139 Å². The van der Waals surface area contributed by atoms with Gasteiger partial charge < -0.3 is 10.1 Å². The molecule has 116 valence electrons. The molecule has 3 nitrogen and oxygen atoms in total. The van der Waals surface area contributed by atoms with Crippen molar-refractivity contribution >= 4 is 34.0 Å². The molecule has 3 aromatic carbocycles. The third-order valence-electron chi connectivity index (χ3n) is 3.56. The van der Waals surface area contributed by atoms with E-state index in [0.717, 1.165) is 16.3 Å². The van der Waals surface area contributed by atoms with E-state index < -0.39 is 0 Å². The minimum atomic E-state index is -0.224. The highest BCUT2D eigenvalue weighted by molar-refractivity contribution is 6.31.